The summed E-state index contributed by atoms with van der Waals surface area (Å²) in [5.41, 5.74) is 1.65. The summed E-state index contributed by atoms with van der Waals surface area (Å²) in [6, 6.07) is 18.5. The molecular weight excluding hydrogens is 535 g/mol. The molecule has 1 aliphatic rings. The van der Waals surface area contributed by atoms with E-state index in [1.165, 1.54) is 30.1 Å². The Morgan fingerprint density at radius 1 is 1.05 bits per heavy atom. The number of halogens is 3. The Labute approximate surface area is 237 Å². The lowest BCUT2D eigenvalue weighted by atomic mass is 9.94. The number of urea groups is 1. The number of aliphatic hydroxyl groups is 1. The quantitative estimate of drug-likeness (QED) is 0.401. The van der Waals surface area contributed by atoms with Gasteiger partial charge in [0, 0.05) is 31.6 Å². The minimum Gasteiger partial charge on any atom is -0.394 e. The predicted octanol–water partition coefficient (Wildman–Crippen LogP) is 5.89. The molecule has 3 aromatic rings. The number of benzene rings is 3. The Bertz CT molecular complexity index is 1380. The maximum Gasteiger partial charge on any atom is 0.418 e. The molecule has 0 saturated carbocycles. The van der Waals surface area contributed by atoms with E-state index in [9.17, 15) is 27.9 Å². The molecule has 0 radical (unpaired) electrons. The average molecular weight is 570 g/mol. The van der Waals surface area contributed by atoms with Crippen LogP contribution in [0, 0.1) is 5.92 Å². The molecule has 1 aliphatic heterocycles. The summed E-state index contributed by atoms with van der Waals surface area (Å²) in [5.74, 6) is -0.539. The molecule has 7 nitrogen and oxygen atoms in total. The molecule has 0 aliphatic carbocycles. The number of anilines is 1. The molecule has 0 spiro atoms. The van der Waals surface area contributed by atoms with Crippen LogP contribution in [0.2, 0.25) is 0 Å². The Kier molecular flexibility index (Phi) is 9.35. The number of nitrogens with zero attached hydrogens (tertiary/aromatic N) is 2. The molecule has 41 heavy (non-hydrogen) atoms. The number of alkyl halides is 3. The molecule has 4 rings (SSSR count). The molecule has 3 amide bonds. The van der Waals surface area contributed by atoms with Gasteiger partial charge in [-0.2, -0.15) is 13.2 Å². The Morgan fingerprint density at radius 2 is 1.66 bits per heavy atom. The summed E-state index contributed by atoms with van der Waals surface area (Å²) < 4.78 is 46.8. The lowest BCUT2D eigenvalue weighted by Gasteiger charge is -2.35. The molecular formula is C31H34F3N3O4. The number of para-hydroxylation sites is 1. The Hall–Kier alpha value is -3.89. The van der Waals surface area contributed by atoms with E-state index in [4.69, 9.17) is 4.74 Å². The highest BCUT2D eigenvalue weighted by Crippen LogP contribution is 2.35. The summed E-state index contributed by atoms with van der Waals surface area (Å²) in [4.78, 5) is 29.8. The van der Waals surface area contributed by atoms with Crippen molar-refractivity contribution >= 4 is 17.6 Å². The minimum atomic E-state index is -4.63. The number of carbonyl (C=O) groups excluding carboxylic acids is 2. The molecule has 0 fully saturated rings. The van der Waals surface area contributed by atoms with Crippen LogP contribution in [-0.2, 0) is 17.5 Å². The van der Waals surface area contributed by atoms with Crippen LogP contribution in [0.25, 0.3) is 11.1 Å². The molecule has 2 N–H and O–H groups in total. The monoisotopic (exact) mass is 569 g/mol. The molecule has 1 heterocycles. The SMILES string of the molecule is C[C@@H]1CN([C@H](C)CO)C(=O)c2ccccc2-c2ccccc2CO[C@H]1CN(C)C(=O)Nc1ccccc1C(F)(F)F. The number of amides is 3. The van der Waals surface area contributed by atoms with Crippen LogP contribution >= 0.6 is 0 Å². The number of likely N-dealkylation sites (N-methyl/N-ethyl adjacent to an activating group) is 1. The molecule has 0 bridgehead atoms. The highest BCUT2D eigenvalue weighted by atomic mass is 19.4. The zero-order valence-corrected chi connectivity index (χ0v) is 23.2. The second-order valence-corrected chi connectivity index (χ2v) is 10.4. The molecule has 0 unspecified atom stereocenters. The zero-order valence-electron chi connectivity index (χ0n) is 23.2. The fraction of sp³-hybridized carbons (Fsp3) is 0.355. The second kappa shape index (κ2) is 12.7. The topological polar surface area (TPSA) is 82.1 Å². The first-order valence-corrected chi connectivity index (χ1v) is 13.4. The van der Waals surface area contributed by atoms with Crippen LogP contribution < -0.4 is 5.32 Å². The van der Waals surface area contributed by atoms with Gasteiger partial charge in [0.05, 0.1) is 36.6 Å². The minimum absolute atomic E-state index is 0.0475. The third-order valence-electron chi connectivity index (χ3n) is 7.37. The number of aliphatic hydroxyl groups excluding tert-OH is 1. The smallest absolute Gasteiger partial charge is 0.394 e. The van der Waals surface area contributed by atoms with E-state index in [1.807, 2.05) is 43.3 Å². The van der Waals surface area contributed by atoms with Gasteiger partial charge in [-0.3, -0.25) is 4.79 Å². The van der Waals surface area contributed by atoms with Crippen molar-refractivity contribution < 1.29 is 32.6 Å². The molecule has 218 valence electrons. The van der Waals surface area contributed by atoms with E-state index in [0.29, 0.717) is 5.56 Å². The Morgan fingerprint density at radius 3 is 2.34 bits per heavy atom. The van der Waals surface area contributed by atoms with Crippen LogP contribution in [0.5, 0.6) is 0 Å². The van der Waals surface area contributed by atoms with E-state index < -0.39 is 29.9 Å². The van der Waals surface area contributed by atoms with E-state index in [2.05, 4.69) is 5.32 Å². The summed E-state index contributed by atoms with van der Waals surface area (Å²) in [6.45, 7) is 3.86. The molecule has 3 aromatic carbocycles. The largest absolute Gasteiger partial charge is 0.418 e. The van der Waals surface area contributed by atoms with E-state index in [0.717, 1.165) is 22.8 Å². The van der Waals surface area contributed by atoms with Gasteiger partial charge in [-0.05, 0) is 41.8 Å². The van der Waals surface area contributed by atoms with Gasteiger partial charge in [0.2, 0.25) is 0 Å². The normalized spacial score (nSPS) is 18.5. The number of ether oxygens (including phenoxy) is 1. The van der Waals surface area contributed by atoms with E-state index in [-0.39, 0.29) is 43.8 Å². The number of nitrogens with one attached hydrogen (secondary N) is 1. The fourth-order valence-corrected chi connectivity index (χ4v) is 4.95. The Balaban J connectivity index is 1.64. The molecule has 0 saturated heterocycles. The van der Waals surface area contributed by atoms with Crippen molar-refractivity contribution in [3.05, 3.63) is 89.5 Å². The summed E-state index contributed by atoms with van der Waals surface area (Å²) >= 11 is 0. The van der Waals surface area contributed by atoms with Gasteiger partial charge in [-0.15, -0.1) is 0 Å². The number of hydrogen-bond donors (Lipinski definition) is 2. The van der Waals surface area contributed by atoms with E-state index in [1.54, 1.807) is 24.0 Å². The number of hydrogen-bond acceptors (Lipinski definition) is 4. The first kappa shape index (κ1) is 30.1. The number of carbonyl (C=O) groups is 2. The lowest BCUT2D eigenvalue weighted by molar-refractivity contribution is -0.136. The van der Waals surface area contributed by atoms with Gasteiger partial charge in [0.25, 0.3) is 5.91 Å². The van der Waals surface area contributed by atoms with Crippen LogP contribution in [-0.4, -0.2) is 65.7 Å². The van der Waals surface area contributed by atoms with Gasteiger partial charge >= 0.3 is 12.2 Å². The first-order valence-electron chi connectivity index (χ1n) is 13.4. The summed E-state index contributed by atoms with van der Waals surface area (Å²) in [6.07, 6.45) is -5.21. The first-order chi connectivity index (χ1) is 19.5. The van der Waals surface area contributed by atoms with Crippen molar-refractivity contribution in [3.8, 4) is 11.1 Å². The third-order valence-corrected chi connectivity index (χ3v) is 7.37. The van der Waals surface area contributed by atoms with Crippen molar-refractivity contribution in [1.82, 2.24) is 9.80 Å². The van der Waals surface area contributed by atoms with Crippen LogP contribution in [0.3, 0.4) is 0 Å². The van der Waals surface area contributed by atoms with Crippen LogP contribution in [0.15, 0.2) is 72.8 Å². The lowest BCUT2D eigenvalue weighted by Crippen LogP contribution is -2.48. The molecule has 0 aromatic heterocycles. The maximum atomic E-state index is 13.9. The van der Waals surface area contributed by atoms with Crippen molar-refractivity contribution in [3.63, 3.8) is 0 Å². The highest BCUT2D eigenvalue weighted by Gasteiger charge is 2.35. The standard InChI is InChI=1S/C31H34F3N3O4/c1-20-16-37(21(2)18-38)29(39)25-13-7-6-12-24(25)23-11-5-4-10-22(23)19-41-28(20)17-36(3)30(40)35-27-15-9-8-14-26(27)31(32,33)34/h4-15,20-21,28,38H,16-19H2,1-3H3,(H,35,40)/t20-,21-,28+/m1/s1. The summed E-state index contributed by atoms with van der Waals surface area (Å²) in [5, 5.41) is 12.3. The van der Waals surface area contributed by atoms with Gasteiger partial charge in [-0.25, -0.2) is 4.79 Å². The number of fused-ring (bicyclic) bond motifs is 3. The van der Waals surface area contributed by atoms with E-state index >= 15 is 0 Å². The average Bonchev–Trinajstić information content (AvgIpc) is 2.97. The fourth-order valence-electron chi connectivity index (χ4n) is 4.95. The molecule has 10 heteroatoms. The van der Waals surface area contributed by atoms with Gasteiger partial charge in [0.1, 0.15) is 0 Å². The van der Waals surface area contributed by atoms with Gasteiger partial charge in [-0.1, -0.05) is 61.5 Å². The maximum absolute atomic E-state index is 13.9. The van der Waals surface area contributed by atoms with Crippen molar-refractivity contribution in [1.29, 1.82) is 0 Å². The third kappa shape index (κ3) is 6.89. The van der Waals surface area contributed by atoms with Gasteiger partial charge < -0.3 is 25.0 Å². The van der Waals surface area contributed by atoms with Gasteiger partial charge in [0.15, 0.2) is 0 Å². The zero-order chi connectivity index (χ0) is 29.7. The predicted molar refractivity (Wildman–Crippen MR) is 150 cm³/mol. The summed E-state index contributed by atoms with van der Waals surface area (Å²) in [7, 11) is 1.48. The van der Waals surface area contributed by atoms with Crippen LogP contribution in [0.1, 0.15) is 35.3 Å². The van der Waals surface area contributed by atoms with Crippen LogP contribution in [0.4, 0.5) is 23.7 Å². The van der Waals surface area contributed by atoms with Crippen molar-refractivity contribution in [2.24, 2.45) is 5.92 Å². The van der Waals surface area contributed by atoms with Crippen molar-refractivity contribution in [2.75, 3.05) is 32.1 Å². The van der Waals surface area contributed by atoms with Crippen molar-refractivity contribution in [2.45, 2.75) is 38.8 Å². The molecule has 3 atom stereocenters. The number of rotatable bonds is 5. The highest BCUT2D eigenvalue weighted by molar-refractivity contribution is 6.01. The second-order valence-electron chi connectivity index (χ2n) is 10.4.